The van der Waals surface area contributed by atoms with Gasteiger partial charge in [-0.1, -0.05) is 25.3 Å². The summed E-state index contributed by atoms with van der Waals surface area (Å²) in [5, 5.41) is 39.5. The summed E-state index contributed by atoms with van der Waals surface area (Å²) < 4.78 is 20.5. The Bertz CT molecular complexity index is 1140. The predicted molar refractivity (Wildman–Crippen MR) is 137 cm³/mol. The van der Waals surface area contributed by atoms with Crippen molar-refractivity contribution in [2.45, 2.75) is 26.7 Å². The normalized spacial score (nSPS) is 9.66. The van der Waals surface area contributed by atoms with Gasteiger partial charge in [-0.3, -0.25) is 0 Å². The van der Waals surface area contributed by atoms with Crippen LogP contribution in [0.15, 0.2) is 60.7 Å². The van der Waals surface area contributed by atoms with Gasteiger partial charge in [-0.25, -0.2) is 9.59 Å². The first-order chi connectivity index (χ1) is 18.9. The summed E-state index contributed by atoms with van der Waals surface area (Å²) in [6, 6.07) is 8.30. The number of carbonyl (C=O) groups is 4. The molecule has 13 heteroatoms. The van der Waals surface area contributed by atoms with Crippen molar-refractivity contribution in [1.82, 2.24) is 0 Å². The van der Waals surface area contributed by atoms with Gasteiger partial charge in [0.1, 0.15) is 0 Å². The Labute approximate surface area is 249 Å². The smallest absolute Gasteiger partial charge is 0.545 e. The third-order valence-corrected chi connectivity index (χ3v) is 4.60. The molecule has 216 valence electrons. The first-order valence-corrected chi connectivity index (χ1v) is 11.9. The summed E-state index contributed by atoms with van der Waals surface area (Å²) in [6.07, 6.45) is 0.729. The standard InChI is InChI=1S/2C14H16O6.Zn/c2*1-9(2)14(18)20-12-10(13(16)17)5-3-6-11(12)19-8-4-7-15;/h2*3,5-6,15H,1,4,7-8H2,2H3,(H,16,17);/q;;+2/p-2. The predicted octanol–water partition coefficient (Wildman–Crippen LogP) is 0.583. The number of carbonyl (C=O) groups excluding carboxylic acids is 4. The van der Waals surface area contributed by atoms with Crippen LogP contribution in [0.2, 0.25) is 0 Å². The number of rotatable bonds is 14. The van der Waals surface area contributed by atoms with Crippen molar-refractivity contribution in [2.24, 2.45) is 0 Å². The second-order valence-corrected chi connectivity index (χ2v) is 8.03. The SMILES string of the molecule is C=C(C)C(=O)Oc1c(OCCCO)cccc1C(=O)[O-].C=C(C)C(=O)Oc1c(OCCCO)cccc1C(=O)[O-].[Zn+2]. The molecule has 0 amide bonds. The Kier molecular flexibility index (Phi) is 17.2. The van der Waals surface area contributed by atoms with Gasteiger partial charge in [-0.15, -0.1) is 0 Å². The molecule has 0 spiro atoms. The number of aromatic carboxylic acids is 2. The molecule has 0 aliphatic rings. The molecule has 2 aromatic carbocycles. The Morgan fingerprint density at radius 3 is 1.32 bits per heavy atom. The molecule has 2 aromatic rings. The van der Waals surface area contributed by atoms with Gasteiger partial charge >= 0.3 is 31.4 Å². The van der Waals surface area contributed by atoms with Crippen LogP contribution >= 0.6 is 0 Å². The van der Waals surface area contributed by atoms with Crippen molar-refractivity contribution in [3.05, 3.63) is 71.8 Å². The van der Waals surface area contributed by atoms with Gasteiger partial charge in [0.15, 0.2) is 23.0 Å². The minimum Gasteiger partial charge on any atom is -0.545 e. The largest absolute Gasteiger partial charge is 2.00 e. The Hall–Kier alpha value is -4.06. The van der Waals surface area contributed by atoms with Crippen LogP contribution in [-0.2, 0) is 29.1 Å². The molecule has 0 aromatic heterocycles. The number of hydrogen-bond acceptors (Lipinski definition) is 12. The number of para-hydroxylation sites is 2. The molecule has 0 saturated heterocycles. The first-order valence-electron chi connectivity index (χ1n) is 11.9. The molecule has 0 atom stereocenters. The van der Waals surface area contributed by atoms with E-state index in [4.69, 9.17) is 29.2 Å². The molecule has 2 N–H and O–H groups in total. The van der Waals surface area contributed by atoms with E-state index in [1.54, 1.807) is 0 Å². The van der Waals surface area contributed by atoms with Crippen LogP contribution in [0.4, 0.5) is 0 Å². The van der Waals surface area contributed by atoms with Gasteiger partial charge in [0.2, 0.25) is 0 Å². The number of hydrogen-bond donors (Lipinski definition) is 2. The van der Waals surface area contributed by atoms with E-state index >= 15 is 0 Å². The van der Waals surface area contributed by atoms with Crippen molar-refractivity contribution in [1.29, 1.82) is 0 Å². The average Bonchev–Trinajstić information content (AvgIpc) is 2.90. The third-order valence-electron chi connectivity index (χ3n) is 4.60. The molecule has 0 radical (unpaired) electrons. The topological polar surface area (TPSA) is 192 Å². The van der Waals surface area contributed by atoms with Crippen LogP contribution in [0.25, 0.3) is 0 Å². The molecular weight excluding hydrogens is 594 g/mol. The van der Waals surface area contributed by atoms with E-state index in [0.717, 1.165) is 0 Å². The quantitative estimate of drug-likeness (QED) is 0.0979. The first kappa shape index (κ1) is 36.9. The molecule has 12 nitrogen and oxygen atoms in total. The molecule has 0 unspecified atom stereocenters. The van der Waals surface area contributed by atoms with E-state index < -0.39 is 23.9 Å². The van der Waals surface area contributed by atoms with E-state index in [-0.39, 0.29) is 91.2 Å². The summed E-state index contributed by atoms with van der Waals surface area (Å²) >= 11 is 0. The number of carboxylic acids is 2. The number of carboxylic acid groups (broad SMARTS) is 2. The van der Waals surface area contributed by atoms with Gasteiger partial charge < -0.3 is 49.0 Å². The van der Waals surface area contributed by atoms with Crippen LogP contribution in [0.1, 0.15) is 47.4 Å². The van der Waals surface area contributed by atoms with Crippen molar-refractivity contribution in [3.63, 3.8) is 0 Å². The van der Waals surface area contributed by atoms with Crippen LogP contribution in [0.5, 0.6) is 23.0 Å². The van der Waals surface area contributed by atoms with Gasteiger partial charge in [0.05, 0.1) is 25.2 Å². The summed E-state index contributed by atoms with van der Waals surface area (Å²) in [6.45, 7) is 9.90. The van der Waals surface area contributed by atoms with Crippen LogP contribution in [0, 0.1) is 0 Å². The number of esters is 2. The molecule has 0 bridgehead atoms. The summed E-state index contributed by atoms with van der Waals surface area (Å²) in [7, 11) is 0. The zero-order valence-electron chi connectivity index (χ0n) is 22.8. The zero-order chi connectivity index (χ0) is 30.2. The Morgan fingerprint density at radius 1 is 0.707 bits per heavy atom. The molecular formula is C28H30O12Zn. The van der Waals surface area contributed by atoms with E-state index in [1.807, 2.05) is 0 Å². The van der Waals surface area contributed by atoms with E-state index in [2.05, 4.69) is 13.2 Å². The number of ether oxygens (including phenoxy) is 4. The molecule has 0 aliphatic carbocycles. The maximum atomic E-state index is 11.5. The van der Waals surface area contributed by atoms with Crippen LogP contribution < -0.4 is 29.2 Å². The number of benzene rings is 2. The van der Waals surface area contributed by atoms with Gasteiger partial charge in [0, 0.05) is 48.3 Å². The van der Waals surface area contributed by atoms with Gasteiger partial charge in [0.25, 0.3) is 0 Å². The second-order valence-electron chi connectivity index (χ2n) is 8.03. The molecule has 0 saturated carbocycles. The van der Waals surface area contributed by atoms with Crippen LogP contribution in [-0.4, -0.2) is 60.5 Å². The van der Waals surface area contributed by atoms with E-state index in [9.17, 15) is 29.4 Å². The van der Waals surface area contributed by atoms with Crippen molar-refractivity contribution in [2.75, 3.05) is 26.4 Å². The van der Waals surface area contributed by atoms with Crippen LogP contribution in [0.3, 0.4) is 0 Å². The second kappa shape index (κ2) is 19.1. The molecule has 0 heterocycles. The monoisotopic (exact) mass is 622 g/mol. The Balaban J connectivity index is 0.000000762. The number of aliphatic hydroxyl groups is 2. The van der Waals surface area contributed by atoms with Crippen molar-refractivity contribution >= 4 is 23.9 Å². The zero-order valence-corrected chi connectivity index (χ0v) is 25.8. The van der Waals surface area contributed by atoms with Gasteiger partial charge in [-0.05, 0) is 38.1 Å². The molecule has 41 heavy (non-hydrogen) atoms. The maximum Gasteiger partial charge on any atom is 2.00 e. The minimum absolute atomic E-state index is 0. The maximum absolute atomic E-state index is 11.5. The molecule has 0 fully saturated rings. The summed E-state index contributed by atoms with van der Waals surface area (Å²) in [5.74, 6) is -4.75. The number of aliphatic hydroxyl groups excluding tert-OH is 2. The Morgan fingerprint density at radius 2 is 1.05 bits per heavy atom. The summed E-state index contributed by atoms with van der Waals surface area (Å²) in [4.78, 5) is 45.1. The molecule has 2 rings (SSSR count). The summed E-state index contributed by atoms with van der Waals surface area (Å²) in [5.41, 5.74) is -0.332. The fraction of sp³-hybridized carbons (Fsp3) is 0.286. The van der Waals surface area contributed by atoms with Crippen molar-refractivity contribution < 1.29 is 78.0 Å². The van der Waals surface area contributed by atoms with E-state index in [0.29, 0.717) is 12.8 Å². The molecule has 0 aliphatic heterocycles. The van der Waals surface area contributed by atoms with Crippen molar-refractivity contribution in [3.8, 4) is 23.0 Å². The average molecular weight is 624 g/mol. The van der Waals surface area contributed by atoms with E-state index in [1.165, 1.54) is 50.2 Å². The fourth-order valence-corrected chi connectivity index (χ4v) is 2.64. The third kappa shape index (κ3) is 12.3. The van der Waals surface area contributed by atoms with Gasteiger partial charge in [-0.2, -0.15) is 0 Å². The fourth-order valence-electron chi connectivity index (χ4n) is 2.64. The minimum atomic E-state index is -1.48.